The second-order valence-corrected chi connectivity index (χ2v) is 7.27. The first-order valence-electron chi connectivity index (χ1n) is 8.34. The number of halogens is 1. The van der Waals surface area contributed by atoms with Crippen LogP contribution in [-0.4, -0.2) is 30.8 Å². The number of carbonyl (C=O) groups excluding carboxylic acids is 1. The second kappa shape index (κ2) is 7.28. The molecule has 0 aliphatic carbocycles. The van der Waals surface area contributed by atoms with Crippen LogP contribution in [0.3, 0.4) is 0 Å². The van der Waals surface area contributed by atoms with Gasteiger partial charge >= 0.3 is 0 Å². The third-order valence-corrected chi connectivity index (χ3v) is 5.23. The van der Waals surface area contributed by atoms with Crippen LogP contribution in [0.15, 0.2) is 72.1 Å². The van der Waals surface area contributed by atoms with Gasteiger partial charge in [0.05, 0.1) is 22.5 Å². The monoisotopic (exact) mass is 378 g/mol. The summed E-state index contributed by atoms with van der Waals surface area (Å²) in [6.07, 6.45) is 3.18. The Balaban J connectivity index is 1.63. The number of para-hydroxylation sites is 1. The molecule has 0 saturated carbocycles. The first-order valence-corrected chi connectivity index (χ1v) is 9.22. The summed E-state index contributed by atoms with van der Waals surface area (Å²) in [6, 6.07) is 15.3. The third-order valence-electron chi connectivity index (χ3n) is 4.12. The number of Topliss-reactive ketones (excluding diaryl/α,β-unsaturated/α-hetero) is 1. The Morgan fingerprint density at radius 2 is 1.81 bits per heavy atom. The Bertz CT molecular complexity index is 1100. The van der Waals surface area contributed by atoms with Crippen molar-refractivity contribution in [2.24, 2.45) is 0 Å². The number of hydrogen-bond acceptors (Lipinski definition) is 5. The lowest BCUT2D eigenvalue weighted by Gasteiger charge is -2.10. The maximum absolute atomic E-state index is 13.1. The van der Waals surface area contributed by atoms with Gasteiger partial charge in [-0.2, -0.15) is 5.10 Å². The number of nitrogens with zero attached hydrogens (tertiary/aromatic N) is 4. The highest BCUT2D eigenvalue weighted by molar-refractivity contribution is 8.00. The molecule has 7 heteroatoms. The zero-order valence-electron chi connectivity index (χ0n) is 14.4. The van der Waals surface area contributed by atoms with Crippen molar-refractivity contribution >= 4 is 28.6 Å². The zero-order chi connectivity index (χ0) is 18.8. The van der Waals surface area contributed by atoms with Crippen molar-refractivity contribution in [1.29, 1.82) is 0 Å². The standard InChI is InChI=1S/C20H15FN4OS/c1-13(18(26)14-7-9-15(21)10-8-14)27-20-17-11-24-25(19(17)22-12-23-20)16-5-3-2-4-6-16/h2-13H,1H3. The van der Waals surface area contributed by atoms with E-state index in [1.807, 2.05) is 37.3 Å². The summed E-state index contributed by atoms with van der Waals surface area (Å²) in [7, 11) is 0. The van der Waals surface area contributed by atoms with Crippen LogP contribution in [0, 0.1) is 5.82 Å². The van der Waals surface area contributed by atoms with Crippen molar-refractivity contribution < 1.29 is 9.18 Å². The molecule has 0 saturated heterocycles. The molecular weight excluding hydrogens is 363 g/mol. The van der Waals surface area contributed by atoms with Gasteiger partial charge in [0.2, 0.25) is 0 Å². The molecule has 0 spiro atoms. The highest BCUT2D eigenvalue weighted by Gasteiger charge is 2.20. The van der Waals surface area contributed by atoms with E-state index in [0.717, 1.165) is 11.1 Å². The van der Waals surface area contributed by atoms with Crippen molar-refractivity contribution in [3.05, 3.63) is 78.5 Å². The number of aromatic nitrogens is 4. The van der Waals surface area contributed by atoms with Gasteiger partial charge < -0.3 is 0 Å². The van der Waals surface area contributed by atoms with Gasteiger partial charge in [-0.3, -0.25) is 4.79 Å². The molecule has 0 fully saturated rings. The Hall–Kier alpha value is -3.06. The number of benzene rings is 2. The molecule has 4 rings (SSSR count). The maximum Gasteiger partial charge on any atom is 0.175 e. The Morgan fingerprint density at radius 1 is 1.07 bits per heavy atom. The smallest absolute Gasteiger partial charge is 0.175 e. The fraction of sp³-hybridized carbons (Fsp3) is 0.100. The van der Waals surface area contributed by atoms with Gasteiger partial charge in [-0.1, -0.05) is 30.0 Å². The van der Waals surface area contributed by atoms with Gasteiger partial charge in [0.25, 0.3) is 0 Å². The maximum atomic E-state index is 13.1. The van der Waals surface area contributed by atoms with Crippen LogP contribution in [0.25, 0.3) is 16.7 Å². The molecule has 0 N–H and O–H groups in total. The largest absolute Gasteiger partial charge is 0.293 e. The van der Waals surface area contributed by atoms with Crippen molar-refractivity contribution in [1.82, 2.24) is 19.7 Å². The average Bonchev–Trinajstić information content (AvgIpc) is 3.14. The van der Waals surface area contributed by atoms with Crippen molar-refractivity contribution in [2.45, 2.75) is 17.2 Å². The molecule has 4 aromatic rings. The number of rotatable bonds is 5. The van der Waals surface area contributed by atoms with Gasteiger partial charge in [0.1, 0.15) is 17.2 Å². The molecule has 0 aliphatic rings. The lowest BCUT2D eigenvalue weighted by molar-refractivity contribution is 0.0994. The quantitative estimate of drug-likeness (QED) is 0.294. The van der Waals surface area contributed by atoms with E-state index in [9.17, 15) is 9.18 Å². The molecule has 0 bridgehead atoms. The van der Waals surface area contributed by atoms with Gasteiger partial charge in [-0.15, -0.1) is 0 Å². The molecule has 134 valence electrons. The van der Waals surface area contributed by atoms with E-state index in [1.165, 1.54) is 42.4 Å². The van der Waals surface area contributed by atoms with E-state index < -0.39 is 0 Å². The summed E-state index contributed by atoms with van der Waals surface area (Å²) in [5.74, 6) is -0.445. The summed E-state index contributed by atoms with van der Waals surface area (Å²) < 4.78 is 14.8. The highest BCUT2D eigenvalue weighted by atomic mass is 32.2. The lowest BCUT2D eigenvalue weighted by atomic mass is 10.1. The first kappa shape index (κ1) is 17.4. The molecule has 0 radical (unpaired) electrons. The predicted molar refractivity (Wildman–Crippen MR) is 103 cm³/mol. The number of ketones is 1. The molecule has 2 heterocycles. The van der Waals surface area contributed by atoms with Crippen LogP contribution >= 0.6 is 11.8 Å². The summed E-state index contributed by atoms with van der Waals surface area (Å²) in [5.41, 5.74) is 2.05. The van der Waals surface area contributed by atoms with Gasteiger partial charge in [0.15, 0.2) is 11.4 Å². The van der Waals surface area contributed by atoms with E-state index in [1.54, 1.807) is 10.9 Å². The molecule has 5 nitrogen and oxygen atoms in total. The van der Waals surface area contributed by atoms with E-state index in [2.05, 4.69) is 15.1 Å². The minimum absolute atomic E-state index is 0.0813. The summed E-state index contributed by atoms with van der Waals surface area (Å²) >= 11 is 1.34. The Kier molecular flexibility index (Phi) is 4.68. The first-order chi connectivity index (χ1) is 13.1. The topological polar surface area (TPSA) is 60.7 Å². The minimum Gasteiger partial charge on any atom is -0.293 e. The van der Waals surface area contributed by atoms with Crippen LogP contribution in [0.1, 0.15) is 17.3 Å². The lowest BCUT2D eigenvalue weighted by Crippen LogP contribution is -2.13. The van der Waals surface area contributed by atoms with Crippen LogP contribution in [0.2, 0.25) is 0 Å². The van der Waals surface area contributed by atoms with Gasteiger partial charge in [-0.05, 0) is 43.3 Å². The number of hydrogen-bond donors (Lipinski definition) is 0. The van der Waals surface area contributed by atoms with Crippen molar-refractivity contribution in [2.75, 3.05) is 0 Å². The molecule has 0 aliphatic heterocycles. The Labute approximate surface area is 159 Å². The molecule has 27 heavy (non-hydrogen) atoms. The van der Waals surface area contributed by atoms with Crippen LogP contribution < -0.4 is 0 Å². The molecule has 2 aromatic carbocycles. The van der Waals surface area contributed by atoms with Gasteiger partial charge in [0, 0.05) is 5.56 Å². The number of carbonyl (C=O) groups is 1. The summed E-state index contributed by atoms with van der Waals surface area (Å²) in [6.45, 7) is 1.81. The third kappa shape index (κ3) is 3.46. The SMILES string of the molecule is CC(Sc1ncnc2c1cnn2-c1ccccc1)C(=O)c1ccc(F)cc1. The normalized spacial score (nSPS) is 12.2. The fourth-order valence-corrected chi connectivity index (χ4v) is 3.70. The second-order valence-electron chi connectivity index (χ2n) is 5.94. The fourth-order valence-electron chi connectivity index (χ4n) is 2.74. The molecule has 1 atom stereocenters. The van der Waals surface area contributed by atoms with Crippen molar-refractivity contribution in [3.8, 4) is 5.69 Å². The van der Waals surface area contributed by atoms with Crippen LogP contribution in [0.5, 0.6) is 0 Å². The predicted octanol–water partition coefficient (Wildman–Crippen LogP) is 4.32. The number of thioether (sulfide) groups is 1. The van der Waals surface area contributed by atoms with E-state index in [4.69, 9.17) is 0 Å². The summed E-state index contributed by atoms with van der Waals surface area (Å²) in [4.78, 5) is 21.3. The summed E-state index contributed by atoms with van der Waals surface area (Å²) in [5, 5.41) is 5.51. The van der Waals surface area contributed by atoms with Gasteiger partial charge in [-0.25, -0.2) is 19.0 Å². The van der Waals surface area contributed by atoms with Crippen molar-refractivity contribution in [3.63, 3.8) is 0 Å². The minimum atomic E-state index is -0.381. The van der Waals surface area contributed by atoms with Crippen LogP contribution in [-0.2, 0) is 0 Å². The molecular formula is C20H15FN4OS. The number of fused-ring (bicyclic) bond motifs is 1. The molecule has 0 amide bonds. The average molecular weight is 378 g/mol. The van der Waals surface area contributed by atoms with E-state index >= 15 is 0 Å². The molecule has 1 unspecified atom stereocenters. The van der Waals surface area contributed by atoms with Crippen LogP contribution in [0.4, 0.5) is 4.39 Å². The zero-order valence-corrected chi connectivity index (χ0v) is 15.2. The van der Waals surface area contributed by atoms with E-state index in [0.29, 0.717) is 16.2 Å². The van der Waals surface area contributed by atoms with E-state index in [-0.39, 0.29) is 16.9 Å². The highest BCUT2D eigenvalue weighted by Crippen LogP contribution is 2.30. The Morgan fingerprint density at radius 3 is 2.56 bits per heavy atom. The molecule has 2 aromatic heterocycles.